The second-order valence-corrected chi connectivity index (χ2v) is 4.23. The van der Waals surface area contributed by atoms with Crippen LogP contribution in [0, 0.1) is 0 Å². The van der Waals surface area contributed by atoms with Crippen molar-refractivity contribution in [2.75, 3.05) is 18.1 Å². The van der Waals surface area contributed by atoms with Gasteiger partial charge >= 0.3 is 6.03 Å². The standard InChI is InChI=1S/C12H12N4O3/c17-6-5-16-8-4-2-1-3-7(8)13-9-10(16)14-12(19)15-11(9)18/h1-4,10,17H,5-6H2,(H2,14,15,18,19). The van der Waals surface area contributed by atoms with Gasteiger partial charge in [0.2, 0.25) is 0 Å². The van der Waals surface area contributed by atoms with Crippen LogP contribution in [0.4, 0.5) is 16.2 Å². The molecule has 7 heteroatoms. The quantitative estimate of drug-likeness (QED) is 0.682. The fraction of sp³-hybridized carbons (Fsp3) is 0.250. The molecular formula is C12H12N4O3. The molecule has 1 aromatic carbocycles. The van der Waals surface area contributed by atoms with E-state index in [9.17, 15) is 14.7 Å². The van der Waals surface area contributed by atoms with Gasteiger partial charge in [0.25, 0.3) is 5.91 Å². The Balaban J connectivity index is 2.11. The van der Waals surface area contributed by atoms with Gasteiger partial charge in [0.05, 0.1) is 18.0 Å². The highest BCUT2D eigenvalue weighted by Gasteiger charge is 2.38. The number of para-hydroxylation sites is 2. The third kappa shape index (κ3) is 1.84. The minimum atomic E-state index is -0.636. The summed E-state index contributed by atoms with van der Waals surface area (Å²) in [5.41, 5.74) is 1.65. The minimum absolute atomic E-state index is 0.0877. The van der Waals surface area contributed by atoms with Crippen LogP contribution >= 0.6 is 0 Å². The van der Waals surface area contributed by atoms with Crippen LogP contribution in [-0.4, -0.2) is 42.1 Å². The Morgan fingerprint density at radius 1 is 1.32 bits per heavy atom. The predicted molar refractivity (Wildman–Crippen MR) is 68.4 cm³/mol. The summed E-state index contributed by atoms with van der Waals surface area (Å²) in [7, 11) is 0. The number of nitrogens with one attached hydrogen (secondary N) is 2. The number of amides is 3. The van der Waals surface area contributed by atoms with Crippen molar-refractivity contribution in [1.29, 1.82) is 0 Å². The Morgan fingerprint density at radius 2 is 2.11 bits per heavy atom. The van der Waals surface area contributed by atoms with Crippen LogP contribution in [0.25, 0.3) is 0 Å². The molecule has 3 N–H and O–H groups in total. The molecule has 7 nitrogen and oxygen atoms in total. The van der Waals surface area contributed by atoms with Crippen molar-refractivity contribution in [3.63, 3.8) is 0 Å². The summed E-state index contributed by atoms with van der Waals surface area (Å²) < 4.78 is 0. The lowest BCUT2D eigenvalue weighted by atomic mass is 10.1. The van der Waals surface area contributed by atoms with Crippen LogP contribution in [0.3, 0.4) is 0 Å². The molecule has 3 rings (SSSR count). The van der Waals surface area contributed by atoms with Gasteiger partial charge in [-0.05, 0) is 12.1 Å². The highest BCUT2D eigenvalue weighted by Crippen LogP contribution is 2.34. The number of imide groups is 1. The largest absolute Gasteiger partial charge is 0.395 e. The summed E-state index contributed by atoms with van der Waals surface area (Å²) in [5.74, 6) is -0.508. The van der Waals surface area contributed by atoms with Gasteiger partial charge in [0.1, 0.15) is 5.71 Å². The number of hydrogen-bond donors (Lipinski definition) is 3. The molecule has 0 bridgehead atoms. The lowest BCUT2D eigenvalue weighted by Gasteiger charge is -2.39. The Kier molecular flexibility index (Phi) is 2.68. The van der Waals surface area contributed by atoms with E-state index in [4.69, 9.17) is 0 Å². The zero-order chi connectivity index (χ0) is 13.4. The summed E-state index contributed by atoms with van der Waals surface area (Å²) >= 11 is 0. The smallest absolute Gasteiger partial charge is 0.323 e. The molecule has 3 amide bonds. The first-order chi connectivity index (χ1) is 9.20. The Hall–Kier alpha value is -2.41. The zero-order valence-electron chi connectivity index (χ0n) is 9.96. The van der Waals surface area contributed by atoms with Crippen LogP contribution in [0.1, 0.15) is 0 Å². The highest BCUT2D eigenvalue weighted by molar-refractivity contribution is 6.46. The molecule has 98 valence electrons. The molecular weight excluding hydrogens is 248 g/mol. The lowest BCUT2D eigenvalue weighted by molar-refractivity contribution is -0.114. The molecule has 1 fully saturated rings. The molecule has 1 aromatic rings. The predicted octanol–water partition coefficient (Wildman–Crippen LogP) is -0.263. The maximum absolute atomic E-state index is 11.8. The highest BCUT2D eigenvalue weighted by atomic mass is 16.3. The topological polar surface area (TPSA) is 94.0 Å². The van der Waals surface area contributed by atoms with Gasteiger partial charge in [-0.3, -0.25) is 10.1 Å². The Bertz CT molecular complexity index is 584. The van der Waals surface area contributed by atoms with Crippen LogP contribution < -0.4 is 15.5 Å². The van der Waals surface area contributed by atoms with Crippen LogP contribution in [0.15, 0.2) is 29.3 Å². The van der Waals surface area contributed by atoms with Crippen molar-refractivity contribution in [1.82, 2.24) is 10.6 Å². The fourth-order valence-corrected chi connectivity index (χ4v) is 2.29. The number of nitrogens with zero attached hydrogens (tertiary/aromatic N) is 2. The first-order valence-electron chi connectivity index (χ1n) is 5.87. The molecule has 0 spiro atoms. The van der Waals surface area contributed by atoms with Crippen LogP contribution in [0.2, 0.25) is 0 Å². The van der Waals surface area contributed by atoms with Crippen molar-refractivity contribution in [3.05, 3.63) is 24.3 Å². The van der Waals surface area contributed by atoms with Gasteiger partial charge in [-0.25, -0.2) is 9.79 Å². The van der Waals surface area contributed by atoms with E-state index in [2.05, 4.69) is 15.6 Å². The number of rotatable bonds is 2. The van der Waals surface area contributed by atoms with E-state index < -0.39 is 18.1 Å². The summed E-state index contributed by atoms with van der Waals surface area (Å²) in [6.45, 7) is 0.212. The van der Waals surface area contributed by atoms with E-state index in [1.54, 1.807) is 11.0 Å². The molecule has 1 saturated heterocycles. The minimum Gasteiger partial charge on any atom is -0.395 e. The first kappa shape index (κ1) is 11.7. The van der Waals surface area contributed by atoms with E-state index in [-0.39, 0.29) is 12.3 Å². The van der Waals surface area contributed by atoms with Crippen molar-refractivity contribution >= 4 is 29.0 Å². The van der Waals surface area contributed by atoms with E-state index in [0.717, 1.165) is 5.69 Å². The second kappa shape index (κ2) is 4.36. The molecule has 2 aliphatic heterocycles. The number of carbonyl (C=O) groups is 2. The Labute approximate surface area is 108 Å². The number of urea groups is 1. The molecule has 2 heterocycles. The van der Waals surface area contributed by atoms with Crippen LogP contribution in [-0.2, 0) is 4.79 Å². The van der Waals surface area contributed by atoms with Crippen molar-refractivity contribution in [2.45, 2.75) is 6.17 Å². The maximum Gasteiger partial charge on any atom is 0.323 e. The molecule has 2 aliphatic rings. The second-order valence-electron chi connectivity index (χ2n) is 4.23. The number of anilines is 1. The molecule has 0 radical (unpaired) electrons. The summed E-state index contributed by atoms with van der Waals surface area (Å²) in [4.78, 5) is 29.2. The van der Waals surface area contributed by atoms with Gasteiger partial charge in [0, 0.05) is 6.54 Å². The normalized spacial score (nSPS) is 21.0. The van der Waals surface area contributed by atoms with Crippen molar-refractivity contribution in [3.8, 4) is 0 Å². The number of aliphatic imine (C=N–C) groups is 1. The van der Waals surface area contributed by atoms with E-state index in [0.29, 0.717) is 12.2 Å². The number of aliphatic hydroxyl groups excluding tert-OH is 1. The first-order valence-corrected chi connectivity index (χ1v) is 5.87. The summed E-state index contributed by atoms with van der Waals surface area (Å²) in [6, 6.07) is 6.72. The zero-order valence-corrected chi connectivity index (χ0v) is 9.96. The molecule has 19 heavy (non-hydrogen) atoms. The molecule has 0 aromatic heterocycles. The molecule has 1 unspecified atom stereocenters. The number of hydrogen-bond acceptors (Lipinski definition) is 5. The monoisotopic (exact) mass is 260 g/mol. The van der Waals surface area contributed by atoms with Gasteiger partial charge in [-0.15, -0.1) is 0 Å². The number of aliphatic hydroxyl groups is 1. The maximum atomic E-state index is 11.8. The summed E-state index contributed by atoms with van der Waals surface area (Å²) in [6.07, 6.45) is -0.636. The average Bonchev–Trinajstić information content (AvgIpc) is 2.40. The Morgan fingerprint density at radius 3 is 2.89 bits per heavy atom. The van der Waals surface area contributed by atoms with Gasteiger partial charge in [-0.1, -0.05) is 12.1 Å². The van der Waals surface area contributed by atoms with Gasteiger partial charge in [-0.2, -0.15) is 0 Å². The van der Waals surface area contributed by atoms with E-state index in [1.807, 2.05) is 18.2 Å². The molecule has 0 aliphatic carbocycles. The van der Waals surface area contributed by atoms with Crippen LogP contribution in [0.5, 0.6) is 0 Å². The SMILES string of the molecule is O=C1NC(=O)C2=Nc3ccccc3N(CCO)C2N1. The van der Waals surface area contributed by atoms with Gasteiger partial charge < -0.3 is 15.3 Å². The van der Waals surface area contributed by atoms with E-state index in [1.165, 1.54) is 0 Å². The number of β-amino-alcohol motifs (C(OH)–C–C–N with tert-alkyl or cyclic N) is 1. The number of benzene rings is 1. The van der Waals surface area contributed by atoms with Crippen molar-refractivity contribution in [2.24, 2.45) is 4.99 Å². The third-order valence-electron chi connectivity index (χ3n) is 3.07. The van der Waals surface area contributed by atoms with Gasteiger partial charge in [0.15, 0.2) is 6.17 Å². The molecule has 1 atom stereocenters. The number of fused-ring (bicyclic) bond motifs is 2. The average molecular weight is 260 g/mol. The lowest BCUT2D eigenvalue weighted by Crippen LogP contribution is -2.66. The van der Waals surface area contributed by atoms with Crippen molar-refractivity contribution < 1.29 is 14.7 Å². The summed E-state index contributed by atoms with van der Waals surface area (Å²) in [5, 5.41) is 14.0. The fourth-order valence-electron chi connectivity index (χ4n) is 2.29. The third-order valence-corrected chi connectivity index (χ3v) is 3.07. The van der Waals surface area contributed by atoms with E-state index >= 15 is 0 Å². The molecule has 0 saturated carbocycles. The number of carbonyl (C=O) groups excluding carboxylic acids is 2.